The summed E-state index contributed by atoms with van der Waals surface area (Å²) >= 11 is 6.66. The molecule has 0 aliphatic heterocycles. The van der Waals surface area contributed by atoms with E-state index in [0.717, 1.165) is 27.0 Å². The lowest BCUT2D eigenvalue weighted by molar-refractivity contribution is 0.379. The molecule has 104 valence electrons. The summed E-state index contributed by atoms with van der Waals surface area (Å²) < 4.78 is 1.57. The van der Waals surface area contributed by atoms with Crippen molar-refractivity contribution in [1.82, 2.24) is 20.4 Å². The second-order valence-electron chi connectivity index (χ2n) is 5.12. The van der Waals surface area contributed by atoms with Gasteiger partial charge in [0.2, 0.25) is 0 Å². The molecule has 0 spiro atoms. The lowest BCUT2D eigenvalue weighted by atomic mass is 9.78. The summed E-state index contributed by atoms with van der Waals surface area (Å²) in [5.74, 6) is 0.944. The lowest BCUT2D eigenvalue weighted by Crippen LogP contribution is -2.15. The van der Waals surface area contributed by atoms with E-state index in [-0.39, 0.29) is 0 Å². The maximum atomic E-state index is 4.30. The van der Waals surface area contributed by atoms with E-state index in [9.17, 15) is 0 Å². The van der Waals surface area contributed by atoms with Crippen LogP contribution >= 0.6 is 31.9 Å². The summed E-state index contributed by atoms with van der Waals surface area (Å²) in [6.07, 6.45) is 4.63. The normalized spacial score (nSPS) is 22.7. The van der Waals surface area contributed by atoms with Gasteiger partial charge in [-0.3, -0.25) is 0 Å². The van der Waals surface area contributed by atoms with E-state index in [0.29, 0.717) is 11.8 Å². The van der Waals surface area contributed by atoms with E-state index in [1.807, 2.05) is 12.1 Å². The Hall–Kier alpha value is -0.880. The topological polar surface area (TPSA) is 51.6 Å². The Bertz CT molecular complexity index is 519. The largest absolute Gasteiger partial charge is 0.154 e. The van der Waals surface area contributed by atoms with Crippen LogP contribution in [0.4, 0.5) is 0 Å². The standard InChI is InChI=1S/C14H14Br2N4/c15-13-6-4-11(17-19-13)9-2-1-3-10(8-9)12-5-7-14(16)20-18-12/h4-7,9-10H,1-3,8H2. The zero-order valence-corrected chi connectivity index (χ0v) is 14.0. The fourth-order valence-electron chi connectivity index (χ4n) is 2.82. The molecule has 2 atom stereocenters. The maximum absolute atomic E-state index is 4.30. The zero-order valence-electron chi connectivity index (χ0n) is 10.8. The fourth-order valence-corrected chi connectivity index (χ4v) is 3.24. The van der Waals surface area contributed by atoms with E-state index in [1.54, 1.807) is 0 Å². The van der Waals surface area contributed by atoms with Gasteiger partial charge in [0.05, 0.1) is 11.4 Å². The molecule has 4 nitrogen and oxygen atoms in total. The number of halogens is 2. The summed E-state index contributed by atoms with van der Waals surface area (Å²) in [6.45, 7) is 0. The molecule has 3 rings (SSSR count). The summed E-state index contributed by atoms with van der Waals surface area (Å²) in [4.78, 5) is 0. The SMILES string of the molecule is Brc1ccc(C2CCCC(c3ccc(Br)nn3)C2)nn1. The summed E-state index contributed by atoms with van der Waals surface area (Å²) in [5, 5.41) is 16.8. The van der Waals surface area contributed by atoms with Crippen molar-refractivity contribution in [2.24, 2.45) is 0 Å². The van der Waals surface area contributed by atoms with Crippen molar-refractivity contribution in [3.8, 4) is 0 Å². The third-order valence-electron chi connectivity index (χ3n) is 3.82. The predicted octanol–water partition coefficient (Wildman–Crippen LogP) is 4.23. The molecule has 2 aromatic heterocycles. The molecule has 6 heteroatoms. The second kappa shape index (κ2) is 6.26. The Kier molecular flexibility index (Phi) is 4.41. The molecule has 0 radical (unpaired) electrons. The van der Waals surface area contributed by atoms with E-state index in [1.165, 1.54) is 19.3 Å². The van der Waals surface area contributed by atoms with Gasteiger partial charge in [-0.25, -0.2) is 0 Å². The summed E-state index contributed by atoms with van der Waals surface area (Å²) in [5.41, 5.74) is 2.17. The highest BCUT2D eigenvalue weighted by Crippen LogP contribution is 2.39. The van der Waals surface area contributed by atoms with E-state index < -0.39 is 0 Å². The van der Waals surface area contributed by atoms with Gasteiger partial charge >= 0.3 is 0 Å². The average Bonchev–Trinajstić information content (AvgIpc) is 2.49. The molecule has 2 aromatic rings. The van der Waals surface area contributed by atoms with Gasteiger partial charge in [-0.05, 0) is 75.4 Å². The molecule has 2 heterocycles. The van der Waals surface area contributed by atoms with Crippen LogP contribution in [0, 0.1) is 0 Å². The van der Waals surface area contributed by atoms with Crippen molar-refractivity contribution in [2.75, 3.05) is 0 Å². The van der Waals surface area contributed by atoms with Gasteiger partial charge in [-0.1, -0.05) is 6.42 Å². The molecule has 0 bridgehead atoms. The third kappa shape index (κ3) is 3.23. The van der Waals surface area contributed by atoms with E-state index in [2.05, 4.69) is 64.4 Å². The van der Waals surface area contributed by atoms with Crippen LogP contribution in [-0.4, -0.2) is 20.4 Å². The van der Waals surface area contributed by atoms with Gasteiger partial charge in [0.25, 0.3) is 0 Å². The van der Waals surface area contributed by atoms with Gasteiger partial charge in [0, 0.05) is 11.8 Å². The number of hydrogen-bond donors (Lipinski definition) is 0. The molecule has 0 saturated heterocycles. The molecule has 1 aliphatic carbocycles. The van der Waals surface area contributed by atoms with Crippen molar-refractivity contribution >= 4 is 31.9 Å². The molecular formula is C14H14Br2N4. The molecule has 1 saturated carbocycles. The van der Waals surface area contributed by atoms with Crippen molar-refractivity contribution in [3.63, 3.8) is 0 Å². The number of rotatable bonds is 2. The van der Waals surface area contributed by atoms with Crippen LogP contribution in [0.5, 0.6) is 0 Å². The average molecular weight is 398 g/mol. The molecule has 0 amide bonds. The number of hydrogen-bond acceptors (Lipinski definition) is 4. The zero-order chi connectivity index (χ0) is 13.9. The van der Waals surface area contributed by atoms with Crippen molar-refractivity contribution < 1.29 is 0 Å². The molecule has 1 aliphatic rings. The number of nitrogens with zero attached hydrogens (tertiary/aromatic N) is 4. The first kappa shape index (κ1) is 14.1. The Morgan fingerprint density at radius 3 is 1.65 bits per heavy atom. The third-order valence-corrected chi connectivity index (χ3v) is 4.66. The van der Waals surface area contributed by atoms with Crippen LogP contribution in [0.2, 0.25) is 0 Å². The van der Waals surface area contributed by atoms with Crippen LogP contribution in [0.25, 0.3) is 0 Å². The molecule has 0 N–H and O–H groups in total. The van der Waals surface area contributed by atoms with Gasteiger partial charge in [0.15, 0.2) is 0 Å². The van der Waals surface area contributed by atoms with Crippen LogP contribution in [0.15, 0.2) is 33.5 Å². The highest BCUT2D eigenvalue weighted by atomic mass is 79.9. The van der Waals surface area contributed by atoms with Gasteiger partial charge < -0.3 is 0 Å². The van der Waals surface area contributed by atoms with E-state index >= 15 is 0 Å². The smallest absolute Gasteiger partial charge is 0.128 e. The van der Waals surface area contributed by atoms with Crippen molar-refractivity contribution in [2.45, 2.75) is 37.5 Å². The molecule has 2 unspecified atom stereocenters. The molecule has 0 aromatic carbocycles. The van der Waals surface area contributed by atoms with Crippen molar-refractivity contribution in [1.29, 1.82) is 0 Å². The van der Waals surface area contributed by atoms with Crippen LogP contribution in [0.3, 0.4) is 0 Å². The minimum Gasteiger partial charge on any atom is -0.154 e. The molecular weight excluding hydrogens is 384 g/mol. The number of aromatic nitrogens is 4. The van der Waals surface area contributed by atoms with Crippen LogP contribution < -0.4 is 0 Å². The fraction of sp³-hybridized carbons (Fsp3) is 0.429. The first-order valence-corrected chi connectivity index (χ1v) is 8.29. The molecule has 1 fully saturated rings. The molecule has 20 heavy (non-hydrogen) atoms. The maximum Gasteiger partial charge on any atom is 0.128 e. The van der Waals surface area contributed by atoms with Gasteiger partial charge in [-0.15, -0.1) is 10.2 Å². The van der Waals surface area contributed by atoms with E-state index in [4.69, 9.17) is 0 Å². The van der Waals surface area contributed by atoms with Crippen LogP contribution in [-0.2, 0) is 0 Å². The quantitative estimate of drug-likeness (QED) is 0.760. The van der Waals surface area contributed by atoms with Gasteiger partial charge in [-0.2, -0.15) is 10.2 Å². The monoisotopic (exact) mass is 396 g/mol. The van der Waals surface area contributed by atoms with Crippen molar-refractivity contribution in [3.05, 3.63) is 44.9 Å². The second-order valence-corrected chi connectivity index (χ2v) is 6.75. The Morgan fingerprint density at radius 1 is 0.750 bits per heavy atom. The Balaban J connectivity index is 1.76. The highest BCUT2D eigenvalue weighted by Gasteiger charge is 2.26. The first-order chi connectivity index (χ1) is 9.72. The minimum atomic E-state index is 0.472. The van der Waals surface area contributed by atoms with Gasteiger partial charge in [0.1, 0.15) is 9.21 Å². The first-order valence-electron chi connectivity index (χ1n) is 6.70. The Morgan fingerprint density at radius 2 is 1.25 bits per heavy atom. The highest BCUT2D eigenvalue weighted by molar-refractivity contribution is 9.10. The predicted molar refractivity (Wildman–Crippen MR) is 83.4 cm³/mol. The summed E-state index contributed by atoms with van der Waals surface area (Å²) in [6, 6.07) is 8.06. The Labute approximate surface area is 134 Å². The lowest BCUT2D eigenvalue weighted by Gasteiger charge is -2.27. The van der Waals surface area contributed by atoms with Crippen LogP contribution in [0.1, 0.15) is 48.9 Å². The summed E-state index contributed by atoms with van der Waals surface area (Å²) in [7, 11) is 0. The minimum absolute atomic E-state index is 0.472.